The summed E-state index contributed by atoms with van der Waals surface area (Å²) in [5, 5.41) is 11.5. The number of aliphatic hydroxyl groups is 1. The molecule has 1 aliphatic heterocycles. The Morgan fingerprint density at radius 3 is 2.68 bits per heavy atom. The number of benzene rings is 2. The predicted octanol–water partition coefficient (Wildman–Crippen LogP) is 5.55. The summed E-state index contributed by atoms with van der Waals surface area (Å²) in [6.45, 7) is 0.206. The van der Waals surface area contributed by atoms with Crippen molar-refractivity contribution >= 4 is 38.6 Å². The third-order valence-corrected chi connectivity index (χ3v) is 6.30. The Kier molecular flexibility index (Phi) is 5.75. The SMILES string of the molecule is O=C(C1=C(O)C(=O)N(CCc2ccc(F)cc2)C1c1cccnc1)c1cc2cc(Br)ccc2o1. The second kappa shape index (κ2) is 8.87. The van der Waals surface area contributed by atoms with E-state index in [9.17, 15) is 19.1 Å². The molecule has 0 aliphatic carbocycles. The van der Waals surface area contributed by atoms with Crippen molar-refractivity contribution in [2.45, 2.75) is 12.5 Å². The van der Waals surface area contributed by atoms with Crippen LogP contribution in [0, 0.1) is 5.82 Å². The lowest BCUT2D eigenvalue weighted by Crippen LogP contribution is -2.33. The number of nitrogens with zero attached hydrogens (tertiary/aromatic N) is 2. The predicted molar refractivity (Wildman–Crippen MR) is 127 cm³/mol. The molecular weight excluding hydrogens is 503 g/mol. The van der Waals surface area contributed by atoms with Crippen LogP contribution in [0.25, 0.3) is 11.0 Å². The molecule has 1 unspecified atom stereocenters. The number of halogens is 2. The number of aromatic nitrogens is 1. The molecule has 0 bridgehead atoms. The minimum absolute atomic E-state index is 0.0247. The van der Waals surface area contributed by atoms with Gasteiger partial charge >= 0.3 is 0 Å². The number of ketones is 1. The number of carbonyl (C=O) groups is 2. The van der Waals surface area contributed by atoms with Gasteiger partial charge in [-0.15, -0.1) is 0 Å². The van der Waals surface area contributed by atoms with Crippen molar-refractivity contribution in [3.63, 3.8) is 0 Å². The van der Waals surface area contributed by atoms with E-state index < -0.39 is 23.5 Å². The van der Waals surface area contributed by atoms with Crippen molar-refractivity contribution in [3.05, 3.63) is 112 Å². The molecule has 3 heterocycles. The first-order valence-corrected chi connectivity index (χ1v) is 11.3. The van der Waals surface area contributed by atoms with E-state index in [1.165, 1.54) is 17.0 Å². The first-order valence-electron chi connectivity index (χ1n) is 10.5. The van der Waals surface area contributed by atoms with Crippen LogP contribution in [0.2, 0.25) is 0 Å². The van der Waals surface area contributed by atoms with Crippen LogP contribution in [0.4, 0.5) is 4.39 Å². The fourth-order valence-corrected chi connectivity index (χ4v) is 4.54. The van der Waals surface area contributed by atoms with E-state index in [0.717, 1.165) is 10.0 Å². The highest BCUT2D eigenvalue weighted by molar-refractivity contribution is 9.10. The normalized spacial score (nSPS) is 16.0. The van der Waals surface area contributed by atoms with Gasteiger partial charge in [0.15, 0.2) is 11.5 Å². The van der Waals surface area contributed by atoms with Crippen LogP contribution in [0.3, 0.4) is 0 Å². The second-order valence-electron chi connectivity index (χ2n) is 7.95. The number of fused-ring (bicyclic) bond motifs is 1. The number of amides is 1. The van der Waals surface area contributed by atoms with Crippen molar-refractivity contribution in [3.8, 4) is 0 Å². The van der Waals surface area contributed by atoms with Gasteiger partial charge in [-0.3, -0.25) is 14.6 Å². The fraction of sp³-hybridized carbons (Fsp3) is 0.115. The Labute approximate surface area is 202 Å². The number of aliphatic hydroxyl groups excluding tert-OH is 1. The summed E-state index contributed by atoms with van der Waals surface area (Å²) in [7, 11) is 0. The van der Waals surface area contributed by atoms with Crippen molar-refractivity contribution in [2.24, 2.45) is 0 Å². The minimum atomic E-state index is -0.839. The van der Waals surface area contributed by atoms with Crippen molar-refractivity contribution in [1.82, 2.24) is 9.88 Å². The van der Waals surface area contributed by atoms with Gasteiger partial charge in [-0.05, 0) is 60.0 Å². The van der Waals surface area contributed by atoms with E-state index >= 15 is 0 Å². The number of Topliss-reactive ketones (excluding diaryl/α,β-unsaturated/α-hetero) is 1. The molecule has 0 saturated heterocycles. The Morgan fingerprint density at radius 1 is 1.15 bits per heavy atom. The van der Waals surface area contributed by atoms with Crippen LogP contribution >= 0.6 is 15.9 Å². The molecule has 1 N–H and O–H groups in total. The highest BCUT2D eigenvalue weighted by atomic mass is 79.9. The molecule has 34 heavy (non-hydrogen) atoms. The zero-order valence-electron chi connectivity index (χ0n) is 17.7. The lowest BCUT2D eigenvalue weighted by Gasteiger charge is -2.26. The Balaban J connectivity index is 1.52. The molecule has 5 rings (SSSR count). The molecule has 1 aliphatic rings. The van der Waals surface area contributed by atoms with E-state index in [-0.39, 0.29) is 23.7 Å². The molecule has 0 fully saturated rings. The van der Waals surface area contributed by atoms with Crippen LogP contribution in [0.5, 0.6) is 0 Å². The maximum Gasteiger partial charge on any atom is 0.290 e. The molecule has 0 saturated carbocycles. The number of hydrogen-bond donors (Lipinski definition) is 1. The number of pyridine rings is 1. The first kappa shape index (κ1) is 22.0. The quantitative estimate of drug-likeness (QED) is 0.337. The molecule has 1 atom stereocenters. The van der Waals surface area contributed by atoms with E-state index in [0.29, 0.717) is 23.0 Å². The highest BCUT2D eigenvalue weighted by Gasteiger charge is 2.44. The van der Waals surface area contributed by atoms with Crippen molar-refractivity contribution in [1.29, 1.82) is 0 Å². The molecular formula is C26H18BrFN2O4. The molecule has 170 valence electrons. The summed E-state index contributed by atoms with van der Waals surface area (Å²) in [6.07, 6.45) is 3.56. The van der Waals surface area contributed by atoms with Gasteiger partial charge in [0, 0.05) is 28.8 Å². The van der Waals surface area contributed by atoms with Gasteiger partial charge in [0.25, 0.3) is 5.91 Å². The van der Waals surface area contributed by atoms with Gasteiger partial charge in [0.1, 0.15) is 11.4 Å². The fourth-order valence-electron chi connectivity index (χ4n) is 4.16. The maximum absolute atomic E-state index is 13.5. The van der Waals surface area contributed by atoms with E-state index in [1.54, 1.807) is 54.9 Å². The topological polar surface area (TPSA) is 83.6 Å². The number of carbonyl (C=O) groups excluding carboxylic acids is 2. The second-order valence-corrected chi connectivity index (χ2v) is 8.86. The van der Waals surface area contributed by atoms with E-state index in [4.69, 9.17) is 4.42 Å². The summed E-state index contributed by atoms with van der Waals surface area (Å²) in [4.78, 5) is 32.2. The van der Waals surface area contributed by atoms with Gasteiger partial charge in [-0.1, -0.05) is 34.1 Å². The smallest absolute Gasteiger partial charge is 0.290 e. The summed E-state index contributed by atoms with van der Waals surface area (Å²) in [6, 6.07) is 15.5. The van der Waals surface area contributed by atoms with Crippen molar-refractivity contribution < 1.29 is 23.5 Å². The number of hydrogen-bond acceptors (Lipinski definition) is 5. The van der Waals surface area contributed by atoms with E-state index in [1.807, 2.05) is 6.07 Å². The molecule has 4 aromatic rings. The van der Waals surface area contributed by atoms with Gasteiger partial charge in [-0.2, -0.15) is 0 Å². The first-order chi connectivity index (χ1) is 16.4. The minimum Gasteiger partial charge on any atom is -0.503 e. The number of furan rings is 1. The monoisotopic (exact) mass is 520 g/mol. The third kappa shape index (κ3) is 4.01. The van der Waals surface area contributed by atoms with Gasteiger partial charge in [-0.25, -0.2) is 4.39 Å². The summed E-state index contributed by atoms with van der Waals surface area (Å²) in [5.41, 5.74) is 1.86. The lowest BCUT2D eigenvalue weighted by atomic mass is 9.96. The van der Waals surface area contributed by atoms with Crippen LogP contribution in [-0.4, -0.2) is 33.2 Å². The average Bonchev–Trinajstić information content (AvgIpc) is 3.37. The molecule has 0 spiro atoms. The van der Waals surface area contributed by atoms with Crippen LogP contribution < -0.4 is 0 Å². The number of rotatable bonds is 6. The summed E-state index contributed by atoms with van der Waals surface area (Å²) in [5.74, 6) is -2.16. The summed E-state index contributed by atoms with van der Waals surface area (Å²) >= 11 is 3.40. The lowest BCUT2D eigenvalue weighted by molar-refractivity contribution is -0.129. The van der Waals surface area contributed by atoms with Crippen LogP contribution in [0.15, 0.2) is 93.3 Å². The largest absolute Gasteiger partial charge is 0.503 e. The zero-order valence-corrected chi connectivity index (χ0v) is 19.3. The Hall–Kier alpha value is -3.78. The van der Waals surface area contributed by atoms with Gasteiger partial charge in [0.2, 0.25) is 5.78 Å². The molecule has 8 heteroatoms. The maximum atomic E-state index is 13.5. The standard InChI is InChI=1S/C26H18BrFN2O4/c27-18-5-8-20-17(12-18)13-21(34-20)24(31)22-23(16-2-1-10-29-14-16)30(26(33)25(22)32)11-9-15-3-6-19(28)7-4-15/h1-8,10,12-14,23,32H,9,11H2. The van der Waals surface area contributed by atoms with E-state index in [2.05, 4.69) is 20.9 Å². The Bertz CT molecular complexity index is 1430. The molecule has 1 amide bonds. The average molecular weight is 521 g/mol. The van der Waals surface area contributed by atoms with Crippen molar-refractivity contribution in [2.75, 3.05) is 6.54 Å². The van der Waals surface area contributed by atoms with Gasteiger partial charge in [0.05, 0.1) is 11.6 Å². The zero-order chi connectivity index (χ0) is 23.8. The highest BCUT2D eigenvalue weighted by Crippen LogP contribution is 2.39. The van der Waals surface area contributed by atoms with Crippen LogP contribution in [-0.2, 0) is 11.2 Å². The third-order valence-electron chi connectivity index (χ3n) is 5.81. The molecule has 2 aromatic carbocycles. The Morgan fingerprint density at radius 2 is 1.94 bits per heavy atom. The summed E-state index contributed by atoms with van der Waals surface area (Å²) < 4.78 is 19.8. The molecule has 0 radical (unpaired) electrons. The van der Waals surface area contributed by atoms with Crippen LogP contribution in [0.1, 0.15) is 27.7 Å². The van der Waals surface area contributed by atoms with Gasteiger partial charge < -0.3 is 14.4 Å². The molecule has 2 aromatic heterocycles. The molecule has 6 nitrogen and oxygen atoms in total.